The maximum atomic E-state index is 13.1. The zero-order valence-corrected chi connectivity index (χ0v) is 18.3. The number of hydrogen-bond acceptors (Lipinski definition) is 1. The predicted molar refractivity (Wildman–Crippen MR) is 128 cm³/mol. The van der Waals surface area contributed by atoms with Gasteiger partial charge in [-0.2, -0.15) is 0 Å². The molecule has 1 aromatic heterocycles. The van der Waals surface area contributed by atoms with Gasteiger partial charge in [0.25, 0.3) is 5.91 Å². The van der Waals surface area contributed by atoms with Crippen LogP contribution in [0.15, 0.2) is 83.5 Å². The Kier molecular flexibility index (Phi) is 4.80. The van der Waals surface area contributed by atoms with Crippen LogP contribution in [0.2, 0.25) is 0 Å². The minimum Gasteiger partial charge on any atom is -0.342 e. The zero-order chi connectivity index (χ0) is 20.7. The van der Waals surface area contributed by atoms with Crippen molar-refractivity contribution in [3.8, 4) is 0 Å². The Balaban J connectivity index is 1.62. The number of carbonyl (C=O) groups excluding carboxylic acids is 1. The molecule has 0 unspecified atom stereocenters. The van der Waals surface area contributed by atoms with Gasteiger partial charge in [0, 0.05) is 51.4 Å². The van der Waals surface area contributed by atoms with E-state index in [2.05, 4.69) is 81.3 Å². The van der Waals surface area contributed by atoms with E-state index in [0.717, 1.165) is 38.8 Å². The van der Waals surface area contributed by atoms with E-state index in [9.17, 15) is 4.79 Å². The van der Waals surface area contributed by atoms with E-state index in [1.54, 1.807) is 0 Å². The van der Waals surface area contributed by atoms with Crippen molar-refractivity contribution in [3.05, 3.63) is 100 Å². The van der Waals surface area contributed by atoms with Gasteiger partial charge in [0.15, 0.2) is 0 Å². The second-order valence-electron chi connectivity index (χ2n) is 7.48. The fourth-order valence-corrected chi connectivity index (χ4v) is 4.49. The number of para-hydroxylation sites is 2. The number of amides is 1. The first kappa shape index (κ1) is 18.9. The van der Waals surface area contributed by atoms with Gasteiger partial charge in [0.05, 0.1) is 5.69 Å². The molecule has 0 aliphatic carbocycles. The van der Waals surface area contributed by atoms with Crippen LogP contribution in [-0.2, 0) is 11.3 Å². The molecular weight excluding hydrogens is 436 g/mol. The third-order valence-electron chi connectivity index (χ3n) is 5.66. The first-order chi connectivity index (χ1) is 14.7. The lowest BCUT2D eigenvalue weighted by Gasteiger charge is -2.13. The van der Waals surface area contributed by atoms with Gasteiger partial charge in [0.1, 0.15) is 0 Å². The van der Waals surface area contributed by atoms with E-state index >= 15 is 0 Å². The Morgan fingerprint density at radius 1 is 0.933 bits per heavy atom. The van der Waals surface area contributed by atoms with Crippen LogP contribution in [0.3, 0.4) is 0 Å². The molecule has 3 nitrogen and oxygen atoms in total. The van der Waals surface area contributed by atoms with Gasteiger partial charge in [0.2, 0.25) is 0 Å². The van der Waals surface area contributed by atoms with Gasteiger partial charge >= 0.3 is 0 Å². The molecule has 1 amide bonds. The highest BCUT2D eigenvalue weighted by Crippen LogP contribution is 2.38. The van der Waals surface area contributed by atoms with Crippen LogP contribution in [0.1, 0.15) is 23.6 Å². The van der Waals surface area contributed by atoms with Crippen molar-refractivity contribution < 1.29 is 4.79 Å². The Bertz CT molecular complexity index is 1280. The maximum Gasteiger partial charge on any atom is 0.258 e. The zero-order valence-electron chi connectivity index (χ0n) is 16.7. The largest absolute Gasteiger partial charge is 0.342 e. The standard InChI is InChI=1S/C26H21BrN2O/c1-2-29-25-10-6-4-8-22(25)23(26(29)30)15-19-17-28(24-9-5-3-7-21(19)24)16-18-11-13-20(27)14-12-18/h3-15,17H,2,16H2,1H3/b23-15+. The lowest BCUT2D eigenvalue weighted by atomic mass is 10.0. The molecule has 1 aliphatic rings. The van der Waals surface area contributed by atoms with E-state index in [0.29, 0.717) is 6.54 Å². The van der Waals surface area contributed by atoms with Crippen molar-refractivity contribution in [2.24, 2.45) is 0 Å². The summed E-state index contributed by atoms with van der Waals surface area (Å²) in [5.74, 6) is 0.0726. The summed E-state index contributed by atoms with van der Waals surface area (Å²) in [7, 11) is 0. The minimum absolute atomic E-state index is 0.0726. The van der Waals surface area contributed by atoms with Crippen LogP contribution in [0.25, 0.3) is 22.6 Å². The molecule has 0 saturated carbocycles. The third kappa shape index (κ3) is 3.17. The highest BCUT2D eigenvalue weighted by atomic mass is 79.9. The van der Waals surface area contributed by atoms with E-state index < -0.39 is 0 Å². The van der Waals surface area contributed by atoms with Gasteiger partial charge in [-0.15, -0.1) is 0 Å². The number of rotatable bonds is 4. The topological polar surface area (TPSA) is 25.2 Å². The molecule has 4 aromatic rings. The maximum absolute atomic E-state index is 13.1. The van der Waals surface area contributed by atoms with E-state index in [-0.39, 0.29) is 5.91 Å². The fraction of sp³-hybridized carbons (Fsp3) is 0.115. The number of anilines is 1. The van der Waals surface area contributed by atoms with Crippen molar-refractivity contribution in [1.82, 2.24) is 4.57 Å². The van der Waals surface area contributed by atoms with E-state index in [4.69, 9.17) is 0 Å². The van der Waals surface area contributed by atoms with Gasteiger partial charge in [-0.1, -0.05) is 64.5 Å². The summed E-state index contributed by atoms with van der Waals surface area (Å²) >= 11 is 3.50. The fourth-order valence-electron chi connectivity index (χ4n) is 4.22. The Morgan fingerprint density at radius 3 is 2.47 bits per heavy atom. The third-order valence-corrected chi connectivity index (χ3v) is 6.19. The Morgan fingerprint density at radius 2 is 1.67 bits per heavy atom. The molecule has 2 heterocycles. The average Bonchev–Trinajstić information content (AvgIpc) is 3.25. The van der Waals surface area contributed by atoms with Crippen LogP contribution in [0.4, 0.5) is 5.69 Å². The highest BCUT2D eigenvalue weighted by Gasteiger charge is 2.31. The second-order valence-corrected chi connectivity index (χ2v) is 8.40. The van der Waals surface area contributed by atoms with Crippen molar-refractivity contribution in [2.75, 3.05) is 11.4 Å². The monoisotopic (exact) mass is 456 g/mol. The molecular formula is C26H21BrN2O. The summed E-state index contributed by atoms with van der Waals surface area (Å²) < 4.78 is 3.33. The Labute approximate surface area is 184 Å². The summed E-state index contributed by atoms with van der Waals surface area (Å²) in [6, 6.07) is 24.8. The highest BCUT2D eigenvalue weighted by molar-refractivity contribution is 9.10. The lowest BCUT2D eigenvalue weighted by Crippen LogP contribution is -2.25. The van der Waals surface area contributed by atoms with Crippen LogP contribution in [0.5, 0.6) is 0 Å². The first-order valence-electron chi connectivity index (χ1n) is 10.1. The molecule has 0 N–H and O–H groups in total. The number of likely N-dealkylation sites (N-methyl/N-ethyl adjacent to an activating group) is 1. The number of benzene rings is 3. The summed E-state index contributed by atoms with van der Waals surface area (Å²) in [5.41, 5.74) is 6.23. The van der Waals surface area contributed by atoms with Gasteiger partial charge < -0.3 is 9.47 Å². The van der Waals surface area contributed by atoms with Gasteiger partial charge in [-0.05, 0) is 42.8 Å². The van der Waals surface area contributed by atoms with Crippen molar-refractivity contribution in [3.63, 3.8) is 0 Å². The van der Waals surface area contributed by atoms with Crippen molar-refractivity contribution in [2.45, 2.75) is 13.5 Å². The summed E-state index contributed by atoms with van der Waals surface area (Å²) in [6.07, 6.45) is 4.21. The molecule has 148 valence electrons. The molecule has 0 spiro atoms. The second kappa shape index (κ2) is 7.62. The van der Waals surface area contributed by atoms with E-state index in [1.165, 1.54) is 11.1 Å². The molecule has 4 heteroatoms. The first-order valence-corrected chi connectivity index (χ1v) is 10.9. The van der Waals surface area contributed by atoms with Crippen molar-refractivity contribution >= 4 is 50.1 Å². The van der Waals surface area contributed by atoms with Crippen LogP contribution in [-0.4, -0.2) is 17.0 Å². The molecule has 3 aromatic carbocycles. The lowest BCUT2D eigenvalue weighted by molar-refractivity contribution is -0.112. The number of halogens is 1. The summed E-state index contributed by atoms with van der Waals surface area (Å²) in [4.78, 5) is 15.0. The SMILES string of the molecule is CCN1C(=O)/C(=C/c2cn(Cc3ccc(Br)cc3)c3ccccc23)c2ccccc21. The number of fused-ring (bicyclic) bond motifs is 2. The van der Waals surface area contributed by atoms with E-state index in [1.807, 2.05) is 36.1 Å². The predicted octanol–water partition coefficient (Wildman–Crippen LogP) is 6.36. The number of hydrogen-bond donors (Lipinski definition) is 0. The molecule has 0 bridgehead atoms. The quantitative estimate of drug-likeness (QED) is 0.328. The molecule has 0 saturated heterocycles. The number of nitrogens with zero attached hydrogens (tertiary/aromatic N) is 2. The molecule has 30 heavy (non-hydrogen) atoms. The van der Waals surface area contributed by atoms with Crippen molar-refractivity contribution in [1.29, 1.82) is 0 Å². The smallest absolute Gasteiger partial charge is 0.258 e. The summed E-state index contributed by atoms with van der Waals surface area (Å²) in [5, 5.41) is 1.15. The molecule has 0 fully saturated rings. The van der Waals surface area contributed by atoms with Crippen LogP contribution in [0, 0.1) is 0 Å². The number of aromatic nitrogens is 1. The minimum atomic E-state index is 0.0726. The molecule has 1 aliphatic heterocycles. The van der Waals surface area contributed by atoms with Crippen LogP contribution < -0.4 is 4.90 Å². The normalized spacial score (nSPS) is 14.7. The molecule has 0 atom stereocenters. The van der Waals surface area contributed by atoms with Gasteiger partial charge in [-0.3, -0.25) is 4.79 Å². The van der Waals surface area contributed by atoms with Gasteiger partial charge in [-0.25, -0.2) is 0 Å². The Hall–Kier alpha value is -3.11. The summed E-state index contributed by atoms with van der Waals surface area (Å²) in [6.45, 7) is 3.46. The average molecular weight is 457 g/mol. The molecule has 0 radical (unpaired) electrons. The van der Waals surface area contributed by atoms with Crippen LogP contribution >= 0.6 is 15.9 Å². The number of carbonyl (C=O) groups is 1. The molecule has 5 rings (SSSR count).